The van der Waals surface area contributed by atoms with Gasteiger partial charge in [0.15, 0.2) is 0 Å². The van der Waals surface area contributed by atoms with Crippen molar-refractivity contribution in [3.63, 3.8) is 0 Å². The summed E-state index contributed by atoms with van der Waals surface area (Å²) in [5.41, 5.74) is 21.9. The number of hydrogen-bond donors (Lipinski definition) is 1. The second-order valence-corrected chi connectivity index (χ2v) is 20.3. The van der Waals surface area contributed by atoms with E-state index < -0.39 is 0 Å². The first kappa shape index (κ1) is 41.2. The topological polar surface area (TPSA) is 33.6 Å². The molecule has 3 heteroatoms. The third kappa shape index (κ3) is 7.26. The molecule has 9 aromatic rings. The number of aryl methyl sites for hydroxylation is 2. The van der Waals surface area contributed by atoms with E-state index in [0.717, 1.165) is 22.4 Å². The van der Waals surface area contributed by atoms with Crippen molar-refractivity contribution in [3.8, 4) is 50.5 Å². The molecule has 7 aromatic carbocycles. The SMILES string of the molecule is Cc1cc(C)c(-c2cc(C(C)(C)C)cc3c2[nH]c2ccc(C(C)(C)C)cc23)cc1-c1cc(-c2ccccc2)cc(-c2nc3ccccc3n2-c2c(C(C)C)cccc2C(C)C)c1. The lowest BCUT2D eigenvalue weighted by Crippen LogP contribution is -2.11. The smallest absolute Gasteiger partial charge is 0.145 e. The minimum atomic E-state index is -0.0381. The van der Waals surface area contributed by atoms with Crippen molar-refractivity contribution in [2.45, 2.75) is 106 Å². The number of aromatic amines is 1. The molecule has 1 N–H and O–H groups in total. The highest BCUT2D eigenvalue weighted by atomic mass is 15.1. The average molecular weight is 812 g/mol. The number of H-pyrrole nitrogens is 1. The number of nitrogens with one attached hydrogen (secondary N) is 1. The third-order valence-corrected chi connectivity index (χ3v) is 13.0. The summed E-state index contributed by atoms with van der Waals surface area (Å²) < 4.78 is 2.46. The lowest BCUT2D eigenvalue weighted by molar-refractivity contribution is 0.590. The number of para-hydroxylation sites is 3. The number of imidazole rings is 1. The molecular weight excluding hydrogens is 751 g/mol. The van der Waals surface area contributed by atoms with Crippen LogP contribution >= 0.6 is 0 Å². The normalized spacial score (nSPS) is 12.5. The van der Waals surface area contributed by atoms with Gasteiger partial charge in [0.2, 0.25) is 0 Å². The van der Waals surface area contributed by atoms with Crippen LogP contribution in [0.2, 0.25) is 0 Å². The Kier molecular flexibility index (Phi) is 10.2. The van der Waals surface area contributed by atoms with Gasteiger partial charge in [0.05, 0.1) is 22.2 Å². The maximum atomic E-state index is 5.50. The summed E-state index contributed by atoms with van der Waals surface area (Å²) in [6, 6.07) is 50.1. The van der Waals surface area contributed by atoms with E-state index in [1.807, 2.05) is 0 Å². The first-order valence-electron chi connectivity index (χ1n) is 22.5. The summed E-state index contributed by atoms with van der Waals surface area (Å²) in [7, 11) is 0. The number of nitrogens with zero attached hydrogens (tertiary/aromatic N) is 2. The predicted octanol–water partition coefficient (Wildman–Crippen LogP) is 16.8. The molecule has 0 unspecified atom stereocenters. The van der Waals surface area contributed by atoms with E-state index in [1.165, 1.54) is 94.3 Å². The summed E-state index contributed by atoms with van der Waals surface area (Å²) in [5.74, 6) is 1.62. The Morgan fingerprint density at radius 1 is 0.500 bits per heavy atom. The molecule has 0 amide bonds. The molecule has 0 aliphatic rings. The van der Waals surface area contributed by atoms with Gasteiger partial charge in [-0.05, 0) is 158 Å². The van der Waals surface area contributed by atoms with Crippen molar-refractivity contribution in [3.05, 3.63) is 167 Å². The summed E-state index contributed by atoms with van der Waals surface area (Å²) in [5, 5.41) is 2.57. The Bertz CT molecular complexity index is 3130. The van der Waals surface area contributed by atoms with Crippen LogP contribution in [0.3, 0.4) is 0 Å². The molecule has 62 heavy (non-hydrogen) atoms. The number of hydrogen-bond acceptors (Lipinski definition) is 1. The third-order valence-electron chi connectivity index (χ3n) is 13.0. The van der Waals surface area contributed by atoms with Gasteiger partial charge in [-0.2, -0.15) is 0 Å². The monoisotopic (exact) mass is 811 g/mol. The predicted molar refractivity (Wildman–Crippen MR) is 267 cm³/mol. The van der Waals surface area contributed by atoms with Crippen LogP contribution in [0.15, 0.2) is 133 Å². The number of fused-ring (bicyclic) bond motifs is 4. The van der Waals surface area contributed by atoms with Crippen molar-refractivity contribution in [2.75, 3.05) is 0 Å². The first-order chi connectivity index (χ1) is 29.5. The van der Waals surface area contributed by atoms with Crippen LogP contribution in [-0.2, 0) is 10.8 Å². The molecule has 3 nitrogen and oxygen atoms in total. The Morgan fingerprint density at radius 3 is 1.79 bits per heavy atom. The highest BCUT2D eigenvalue weighted by Gasteiger charge is 2.25. The van der Waals surface area contributed by atoms with E-state index in [-0.39, 0.29) is 10.8 Å². The lowest BCUT2D eigenvalue weighted by Gasteiger charge is -2.23. The summed E-state index contributed by atoms with van der Waals surface area (Å²) in [6.07, 6.45) is 0. The number of benzene rings is 7. The van der Waals surface area contributed by atoms with E-state index in [4.69, 9.17) is 4.98 Å². The first-order valence-corrected chi connectivity index (χ1v) is 22.5. The molecule has 0 aliphatic carbocycles. The number of rotatable bonds is 7. The molecule has 0 radical (unpaired) electrons. The van der Waals surface area contributed by atoms with Gasteiger partial charge in [0, 0.05) is 27.4 Å². The van der Waals surface area contributed by atoms with Gasteiger partial charge in [-0.3, -0.25) is 4.57 Å². The maximum Gasteiger partial charge on any atom is 0.145 e. The summed E-state index contributed by atoms with van der Waals surface area (Å²) in [4.78, 5) is 9.41. The zero-order chi connectivity index (χ0) is 43.8. The van der Waals surface area contributed by atoms with Crippen LogP contribution < -0.4 is 0 Å². The van der Waals surface area contributed by atoms with Gasteiger partial charge < -0.3 is 4.98 Å². The van der Waals surface area contributed by atoms with Gasteiger partial charge in [-0.25, -0.2) is 4.98 Å². The van der Waals surface area contributed by atoms with E-state index in [1.54, 1.807) is 0 Å². The molecule has 0 bridgehead atoms. The van der Waals surface area contributed by atoms with E-state index in [0.29, 0.717) is 11.8 Å². The van der Waals surface area contributed by atoms with Gasteiger partial charge in [-0.1, -0.05) is 142 Å². The Balaban J connectivity index is 1.32. The molecule has 0 saturated carbocycles. The van der Waals surface area contributed by atoms with Crippen LogP contribution in [0.4, 0.5) is 0 Å². The van der Waals surface area contributed by atoms with Crippen molar-refractivity contribution >= 4 is 32.8 Å². The second-order valence-electron chi connectivity index (χ2n) is 20.3. The van der Waals surface area contributed by atoms with Crippen molar-refractivity contribution in [1.29, 1.82) is 0 Å². The minimum Gasteiger partial charge on any atom is -0.354 e. The molecule has 2 aromatic heterocycles. The highest BCUT2D eigenvalue weighted by molar-refractivity contribution is 6.13. The highest BCUT2D eigenvalue weighted by Crippen LogP contribution is 2.44. The fraction of sp³-hybridized carbons (Fsp3) is 0.271. The molecule has 0 fully saturated rings. The molecule has 0 atom stereocenters. The second kappa shape index (κ2) is 15.3. The van der Waals surface area contributed by atoms with Crippen molar-refractivity contribution in [2.24, 2.45) is 0 Å². The van der Waals surface area contributed by atoms with Crippen LogP contribution in [0.1, 0.15) is 114 Å². The van der Waals surface area contributed by atoms with E-state index in [2.05, 4.69) is 226 Å². The maximum absolute atomic E-state index is 5.50. The van der Waals surface area contributed by atoms with Crippen molar-refractivity contribution in [1.82, 2.24) is 14.5 Å². The largest absolute Gasteiger partial charge is 0.354 e. The summed E-state index contributed by atoms with van der Waals surface area (Å²) in [6.45, 7) is 27.6. The summed E-state index contributed by atoms with van der Waals surface area (Å²) >= 11 is 0. The fourth-order valence-corrected chi connectivity index (χ4v) is 9.49. The molecular formula is C59H61N3. The minimum absolute atomic E-state index is 0.0381. The van der Waals surface area contributed by atoms with Crippen LogP contribution in [0.5, 0.6) is 0 Å². The number of aromatic nitrogens is 3. The van der Waals surface area contributed by atoms with E-state index in [9.17, 15) is 0 Å². The molecule has 9 rings (SSSR count). The van der Waals surface area contributed by atoms with Crippen molar-refractivity contribution < 1.29 is 0 Å². The molecule has 0 saturated heterocycles. The van der Waals surface area contributed by atoms with Gasteiger partial charge in [-0.15, -0.1) is 0 Å². The van der Waals surface area contributed by atoms with Crippen LogP contribution in [0, 0.1) is 13.8 Å². The molecule has 2 heterocycles. The van der Waals surface area contributed by atoms with Gasteiger partial charge in [0.25, 0.3) is 0 Å². The Morgan fingerprint density at radius 2 is 1.11 bits per heavy atom. The van der Waals surface area contributed by atoms with Gasteiger partial charge in [0.1, 0.15) is 5.82 Å². The standard InChI is InChI=1S/C59H61N3/c1-35(2)45-21-18-22-46(36(3)4)56(45)62-54-24-17-16-23-53(54)61-57(62)42-29-40(39-19-14-13-15-20-39)28-41(30-42)47-34-48(38(6)27-37(47)5)50-32-44(59(10,11)12)33-51-49-31-43(58(7,8)9)25-26-52(49)60-55(50)51/h13-36,60H,1-12H3. The average Bonchev–Trinajstić information content (AvgIpc) is 3.81. The molecule has 0 aliphatic heterocycles. The van der Waals surface area contributed by atoms with Crippen LogP contribution in [0.25, 0.3) is 83.3 Å². The molecule has 312 valence electrons. The lowest BCUT2D eigenvalue weighted by atomic mass is 9.82. The van der Waals surface area contributed by atoms with Gasteiger partial charge >= 0.3 is 0 Å². The Hall–Kier alpha value is -6.19. The zero-order valence-electron chi connectivity index (χ0n) is 38.8. The van der Waals surface area contributed by atoms with Crippen LogP contribution in [-0.4, -0.2) is 14.5 Å². The zero-order valence-corrected chi connectivity index (χ0v) is 38.8. The fourth-order valence-electron chi connectivity index (χ4n) is 9.49. The Labute approximate surface area is 368 Å². The molecule has 0 spiro atoms. The van der Waals surface area contributed by atoms with E-state index >= 15 is 0 Å². The quantitative estimate of drug-likeness (QED) is 0.171.